The summed E-state index contributed by atoms with van der Waals surface area (Å²) in [6.45, 7) is 0. The Hall–Kier alpha value is -3.42. The number of methoxy groups -OCH3 is 2. The standard InChI is InChI=1S/C17H16FN5O2/c1-24-11-7-8-14(15(9-11)25-2)21-17-22-16(10-19-23-17)20-13-6-4-3-5-12(13)18/h3-10H,1-2H3,(H2,20,21,22,23). The first-order valence-corrected chi connectivity index (χ1v) is 7.40. The van der Waals surface area contributed by atoms with E-state index in [-0.39, 0.29) is 11.8 Å². The summed E-state index contributed by atoms with van der Waals surface area (Å²) < 4.78 is 24.2. The Balaban J connectivity index is 1.81. The molecule has 7 nitrogen and oxygen atoms in total. The molecule has 0 atom stereocenters. The van der Waals surface area contributed by atoms with Crippen LogP contribution in [0, 0.1) is 5.82 Å². The van der Waals surface area contributed by atoms with E-state index in [0.29, 0.717) is 28.7 Å². The number of nitrogens with one attached hydrogen (secondary N) is 2. The quantitative estimate of drug-likeness (QED) is 0.710. The summed E-state index contributed by atoms with van der Waals surface area (Å²) in [6, 6.07) is 11.6. The number of ether oxygens (including phenoxy) is 2. The summed E-state index contributed by atoms with van der Waals surface area (Å²) in [5.74, 6) is 1.44. The first kappa shape index (κ1) is 16.4. The molecule has 128 valence electrons. The Labute approximate surface area is 143 Å². The average molecular weight is 341 g/mol. The average Bonchev–Trinajstić information content (AvgIpc) is 2.64. The van der Waals surface area contributed by atoms with E-state index in [1.54, 1.807) is 50.6 Å². The van der Waals surface area contributed by atoms with Gasteiger partial charge >= 0.3 is 0 Å². The molecule has 3 rings (SSSR count). The summed E-state index contributed by atoms with van der Waals surface area (Å²) >= 11 is 0. The van der Waals surface area contributed by atoms with Gasteiger partial charge < -0.3 is 20.1 Å². The van der Waals surface area contributed by atoms with Crippen LogP contribution in [0.3, 0.4) is 0 Å². The zero-order valence-electron chi connectivity index (χ0n) is 13.7. The van der Waals surface area contributed by atoms with Crippen molar-refractivity contribution in [1.29, 1.82) is 0 Å². The van der Waals surface area contributed by atoms with Crippen molar-refractivity contribution in [2.75, 3.05) is 24.9 Å². The summed E-state index contributed by atoms with van der Waals surface area (Å²) in [5, 5.41) is 13.7. The van der Waals surface area contributed by atoms with Crippen LogP contribution in [0.5, 0.6) is 11.5 Å². The molecule has 0 amide bonds. The van der Waals surface area contributed by atoms with Crippen LogP contribution in [-0.2, 0) is 0 Å². The second-order valence-electron chi connectivity index (χ2n) is 4.96. The number of nitrogens with zero attached hydrogens (tertiary/aromatic N) is 3. The van der Waals surface area contributed by atoms with Gasteiger partial charge in [-0.3, -0.25) is 0 Å². The lowest BCUT2D eigenvalue weighted by molar-refractivity contribution is 0.395. The first-order valence-electron chi connectivity index (χ1n) is 7.40. The Morgan fingerprint density at radius 3 is 2.56 bits per heavy atom. The fourth-order valence-electron chi connectivity index (χ4n) is 2.14. The van der Waals surface area contributed by atoms with Crippen LogP contribution in [0.4, 0.5) is 27.5 Å². The number of hydrogen-bond donors (Lipinski definition) is 2. The zero-order chi connectivity index (χ0) is 17.6. The maximum atomic E-state index is 13.7. The number of aromatic nitrogens is 3. The number of rotatable bonds is 6. The van der Waals surface area contributed by atoms with E-state index in [0.717, 1.165) is 0 Å². The van der Waals surface area contributed by atoms with E-state index in [4.69, 9.17) is 9.47 Å². The highest BCUT2D eigenvalue weighted by Gasteiger charge is 2.09. The van der Waals surface area contributed by atoms with Crippen molar-refractivity contribution in [2.45, 2.75) is 0 Å². The van der Waals surface area contributed by atoms with Crippen molar-refractivity contribution >= 4 is 23.1 Å². The fraction of sp³-hybridized carbons (Fsp3) is 0.118. The van der Waals surface area contributed by atoms with Gasteiger partial charge in [-0.1, -0.05) is 12.1 Å². The predicted molar refractivity (Wildman–Crippen MR) is 92.3 cm³/mol. The SMILES string of the molecule is COc1ccc(Nc2nncc(Nc3ccccc3F)n2)c(OC)c1. The van der Waals surface area contributed by atoms with Gasteiger partial charge in [-0.25, -0.2) is 4.39 Å². The number of halogens is 1. The van der Waals surface area contributed by atoms with Gasteiger partial charge in [-0.2, -0.15) is 10.1 Å². The van der Waals surface area contributed by atoms with Crippen LogP contribution in [0.2, 0.25) is 0 Å². The van der Waals surface area contributed by atoms with Gasteiger partial charge in [-0.15, -0.1) is 5.10 Å². The minimum absolute atomic E-state index is 0.241. The summed E-state index contributed by atoms with van der Waals surface area (Å²) in [5.41, 5.74) is 0.948. The Kier molecular flexibility index (Phi) is 4.89. The van der Waals surface area contributed by atoms with Crippen LogP contribution in [0.1, 0.15) is 0 Å². The van der Waals surface area contributed by atoms with E-state index in [1.807, 2.05) is 0 Å². The minimum atomic E-state index is -0.382. The molecule has 2 N–H and O–H groups in total. The number of hydrogen-bond acceptors (Lipinski definition) is 7. The molecule has 25 heavy (non-hydrogen) atoms. The van der Waals surface area contributed by atoms with Crippen LogP contribution in [-0.4, -0.2) is 29.4 Å². The highest BCUT2D eigenvalue weighted by molar-refractivity contribution is 5.65. The molecule has 8 heteroatoms. The molecule has 2 aromatic carbocycles. The van der Waals surface area contributed by atoms with Crippen molar-refractivity contribution < 1.29 is 13.9 Å². The van der Waals surface area contributed by atoms with Gasteiger partial charge in [0.2, 0.25) is 5.95 Å². The van der Waals surface area contributed by atoms with E-state index >= 15 is 0 Å². The van der Waals surface area contributed by atoms with E-state index in [1.165, 1.54) is 12.3 Å². The van der Waals surface area contributed by atoms with E-state index < -0.39 is 0 Å². The smallest absolute Gasteiger partial charge is 0.249 e. The normalized spacial score (nSPS) is 10.2. The molecule has 0 aliphatic heterocycles. The third kappa shape index (κ3) is 3.92. The first-order chi connectivity index (χ1) is 12.2. The number of anilines is 4. The van der Waals surface area contributed by atoms with Crippen LogP contribution >= 0.6 is 0 Å². The lowest BCUT2D eigenvalue weighted by Crippen LogP contribution is -2.04. The van der Waals surface area contributed by atoms with Crippen LogP contribution in [0.15, 0.2) is 48.7 Å². The molecule has 1 aromatic heterocycles. The lowest BCUT2D eigenvalue weighted by Gasteiger charge is -2.12. The summed E-state index contributed by atoms with van der Waals surface area (Å²) in [4.78, 5) is 4.27. The Bertz CT molecular complexity index is 875. The molecule has 0 saturated heterocycles. The second kappa shape index (κ2) is 7.43. The molecule has 0 saturated carbocycles. The van der Waals surface area contributed by atoms with Gasteiger partial charge in [0.05, 0.1) is 31.8 Å². The molecule has 0 fully saturated rings. The molecule has 0 bridgehead atoms. The van der Waals surface area contributed by atoms with Gasteiger partial charge in [0.15, 0.2) is 5.82 Å². The minimum Gasteiger partial charge on any atom is -0.497 e. The maximum absolute atomic E-state index is 13.7. The molecule has 0 spiro atoms. The molecule has 1 heterocycles. The van der Waals surface area contributed by atoms with Crippen LogP contribution < -0.4 is 20.1 Å². The topological polar surface area (TPSA) is 81.2 Å². The summed E-state index contributed by atoms with van der Waals surface area (Å²) in [7, 11) is 3.13. The van der Waals surface area contributed by atoms with Crippen molar-refractivity contribution in [3.05, 3.63) is 54.5 Å². The molecule has 3 aromatic rings. The highest BCUT2D eigenvalue weighted by atomic mass is 19.1. The van der Waals surface area contributed by atoms with E-state index in [9.17, 15) is 4.39 Å². The number of benzene rings is 2. The van der Waals surface area contributed by atoms with Gasteiger partial charge in [0.1, 0.15) is 17.3 Å². The third-order valence-corrected chi connectivity index (χ3v) is 3.35. The predicted octanol–water partition coefficient (Wildman–Crippen LogP) is 3.52. The van der Waals surface area contributed by atoms with E-state index in [2.05, 4.69) is 25.8 Å². The molecule has 0 unspecified atom stereocenters. The third-order valence-electron chi connectivity index (χ3n) is 3.35. The molecular weight excluding hydrogens is 325 g/mol. The fourth-order valence-corrected chi connectivity index (χ4v) is 2.14. The molecule has 0 radical (unpaired) electrons. The maximum Gasteiger partial charge on any atom is 0.249 e. The molecule has 0 aliphatic carbocycles. The van der Waals surface area contributed by atoms with Crippen molar-refractivity contribution in [3.8, 4) is 11.5 Å². The lowest BCUT2D eigenvalue weighted by atomic mass is 10.2. The Morgan fingerprint density at radius 2 is 1.80 bits per heavy atom. The Morgan fingerprint density at radius 1 is 0.960 bits per heavy atom. The zero-order valence-corrected chi connectivity index (χ0v) is 13.7. The second-order valence-corrected chi connectivity index (χ2v) is 4.96. The van der Waals surface area contributed by atoms with Gasteiger partial charge in [-0.05, 0) is 24.3 Å². The van der Waals surface area contributed by atoms with Crippen molar-refractivity contribution in [1.82, 2.24) is 15.2 Å². The van der Waals surface area contributed by atoms with Crippen LogP contribution in [0.25, 0.3) is 0 Å². The summed E-state index contributed by atoms with van der Waals surface area (Å²) in [6.07, 6.45) is 1.41. The molecule has 0 aliphatic rings. The molecular formula is C17H16FN5O2. The van der Waals surface area contributed by atoms with Gasteiger partial charge in [0.25, 0.3) is 0 Å². The van der Waals surface area contributed by atoms with Crippen molar-refractivity contribution in [3.63, 3.8) is 0 Å². The van der Waals surface area contributed by atoms with Crippen molar-refractivity contribution in [2.24, 2.45) is 0 Å². The monoisotopic (exact) mass is 341 g/mol. The highest BCUT2D eigenvalue weighted by Crippen LogP contribution is 2.30. The largest absolute Gasteiger partial charge is 0.497 e. The van der Waals surface area contributed by atoms with Gasteiger partial charge in [0, 0.05) is 6.07 Å². The number of para-hydroxylation sites is 1.